The molecule has 0 aliphatic heterocycles. The van der Waals surface area contributed by atoms with Crippen LogP contribution in [0.5, 0.6) is 5.75 Å². The van der Waals surface area contributed by atoms with Crippen LogP contribution < -0.4 is 10.1 Å². The van der Waals surface area contributed by atoms with Gasteiger partial charge in [-0.15, -0.1) is 0 Å². The third kappa shape index (κ3) is 5.09. The van der Waals surface area contributed by atoms with Gasteiger partial charge in [0.25, 0.3) is 5.91 Å². The number of hydrogen-bond acceptors (Lipinski definition) is 3. The van der Waals surface area contributed by atoms with Gasteiger partial charge in [-0.2, -0.15) is 0 Å². The molecule has 0 heterocycles. The van der Waals surface area contributed by atoms with Gasteiger partial charge in [-0.3, -0.25) is 9.59 Å². The van der Waals surface area contributed by atoms with Gasteiger partial charge in [-0.05, 0) is 32.0 Å². The van der Waals surface area contributed by atoms with E-state index >= 15 is 0 Å². The highest BCUT2D eigenvalue weighted by molar-refractivity contribution is 6.01. The van der Waals surface area contributed by atoms with E-state index in [2.05, 4.69) is 5.32 Å². The molecule has 0 bridgehead atoms. The van der Waals surface area contributed by atoms with Crippen LogP contribution in [0, 0.1) is 0 Å². The van der Waals surface area contributed by atoms with Gasteiger partial charge in [-0.1, -0.05) is 18.2 Å². The summed E-state index contributed by atoms with van der Waals surface area (Å²) in [4.78, 5) is 25.3. The molecule has 0 aliphatic rings. The number of benzene rings is 1. The molecule has 0 atom stereocenters. The molecule has 5 heteroatoms. The standard InChI is InChI=1S/C17H22N2O3/c1-5-7-8-9-16(20)18-14-11-10-13(17(21)19(3)4)12-15(14)22-6-2/h5,7-12H,6H2,1-4H3,(H,18,20)/b7-5?,9-8+. The van der Waals surface area contributed by atoms with E-state index in [1.165, 1.54) is 11.0 Å². The molecule has 0 fully saturated rings. The maximum atomic E-state index is 12.0. The van der Waals surface area contributed by atoms with Crippen molar-refractivity contribution in [1.82, 2.24) is 4.90 Å². The Morgan fingerprint density at radius 2 is 2.00 bits per heavy atom. The second-order valence-corrected chi connectivity index (χ2v) is 4.72. The largest absolute Gasteiger partial charge is 0.492 e. The molecule has 0 aromatic heterocycles. The van der Waals surface area contributed by atoms with Crippen LogP contribution in [0.25, 0.3) is 0 Å². The predicted molar refractivity (Wildman–Crippen MR) is 88.2 cm³/mol. The smallest absolute Gasteiger partial charge is 0.253 e. The highest BCUT2D eigenvalue weighted by Gasteiger charge is 2.13. The predicted octanol–water partition coefficient (Wildman–Crippen LogP) is 2.86. The minimum Gasteiger partial charge on any atom is -0.492 e. The van der Waals surface area contributed by atoms with Crippen LogP contribution in [-0.4, -0.2) is 37.4 Å². The van der Waals surface area contributed by atoms with E-state index in [4.69, 9.17) is 4.74 Å². The van der Waals surface area contributed by atoms with Crippen molar-refractivity contribution in [2.24, 2.45) is 0 Å². The minimum absolute atomic E-state index is 0.119. The van der Waals surface area contributed by atoms with Crippen molar-refractivity contribution in [1.29, 1.82) is 0 Å². The zero-order valence-corrected chi connectivity index (χ0v) is 13.4. The van der Waals surface area contributed by atoms with Gasteiger partial charge in [0.2, 0.25) is 5.91 Å². The fourth-order valence-corrected chi connectivity index (χ4v) is 1.72. The summed E-state index contributed by atoms with van der Waals surface area (Å²) < 4.78 is 5.51. The Morgan fingerprint density at radius 1 is 1.27 bits per heavy atom. The van der Waals surface area contributed by atoms with Crippen LogP contribution in [0.3, 0.4) is 0 Å². The number of allylic oxidation sites excluding steroid dienone is 3. The van der Waals surface area contributed by atoms with E-state index in [1.54, 1.807) is 44.4 Å². The maximum Gasteiger partial charge on any atom is 0.253 e. The number of ether oxygens (including phenoxy) is 1. The Kier molecular flexibility index (Phi) is 6.89. The Bertz CT molecular complexity index is 590. The van der Waals surface area contributed by atoms with E-state index in [1.807, 2.05) is 19.9 Å². The van der Waals surface area contributed by atoms with E-state index < -0.39 is 0 Å². The summed E-state index contributed by atoms with van der Waals surface area (Å²) in [5, 5.41) is 2.74. The molecule has 1 N–H and O–H groups in total. The van der Waals surface area contributed by atoms with E-state index in [0.29, 0.717) is 23.6 Å². The normalized spacial score (nSPS) is 10.9. The van der Waals surface area contributed by atoms with E-state index in [9.17, 15) is 9.59 Å². The lowest BCUT2D eigenvalue weighted by Crippen LogP contribution is -2.21. The summed E-state index contributed by atoms with van der Waals surface area (Å²) in [6, 6.07) is 4.97. The van der Waals surface area contributed by atoms with Gasteiger partial charge in [0.05, 0.1) is 12.3 Å². The van der Waals surface area contributed by atoms with E-state index in [0.717, 1.165) is 0 Å². The molecule has 0 saturated carbocycles. The molecule has 1 aromatic rings. The molecule has 22 heavy (non-hydrogen) atoms. The number of carbonyl (C=O) groups is 2. The highest BCUT2D eigenvalue weighted by Crippen LogP contribution is 2.26. The SMILES string of the molecule is CC=C/C=C/C(=O)Nc1ccc(C(=O)N(C)C)cc1OCC. The van der Waals surface area contributed by atoms with Crippen LogP contribution in [0.1, 0.15) is 24.2 Å². The zero-order valence-electron chi connectivity index (χ0n) is 13.4. The average molecular weight is 302 g/mol. The highest BCUT2D eigenvalue weighted by atomic mass is 16.5. The van der Waals surface area contributed by atoms with Crippen molar-refractivity contribution in [3.8, 4) is 5.75 Å². The number of carbonyl (C=O) groups excluding carboxylic acids is 2. The van der Waals surface area contributed by atoms with Gasteiger partial charge in [0, 0.05) is 25.7 Å². The first kappa shape index (κ1) is 17.5. The van der Waals surface area contributed by atoms with Crippen LogP contribution in [0.2, 0.25) is 0 Å². The number of nitrogens with zero attached hydrogens (tertiary/aromatic N) is 1. The Balaban J connectivity index is 2.99. The molecule has 0 aliphatic carbocycles. The Morgan fingerprint density at radius 3 is 2.59 bits per heavy atom. The second kappa shape index (κ2) is 8.67. The Hall–Kier alpha value is -2.56. The lowest BCUT2D eigenvalue weighted by Gasteiger charge is -2.14. The summed E-state index contributed by atoms with van der Waals surface area (Å²) in [6.45, 7) is 4.16. The Labute approximate surface area is 131 Å². The lowest BCUT2D eigenvalue weighted by atomic mass is 10.1. The second-order valence-electron chi connectivity index (χ2n) is 4.72. The molecule has 0 unspecified atom stereocenters. The molecule has 5 nitrogen and oxygen atoms in total. The molecular weight excluding hydrogens is 280 g/mol. The molecule has 0 saturated heterocycles. The van der Waals surface area contributed by atoms with Crippen LogP contribution in [0.4, 0.5) is 5.69 Å². The summed E-state index contributed by atoms with van der Waals surface area (Å²) in [7, 11) is 3.37. The van der Waals surface area contributed by atoms with Gasteiger partial charge in [0.1, 0.15) is 5.75 Å². The third-order valence-electron chi connectivity index (χ3n) is 2.74. The first-order valence-corrected chi connectivity index (χ1v) is 7.08. The van der Waals surface area contributed by atoms with Crippen LogP contribution in [0.15, 0.2) is 42.5 Å². The summed E-state index contributed by atoms with van der Waals surface area (Å²) in [5.74, 6) is 0.0977. The third-order valence-corrected chi connectivity index (χ3v) is 2.74. The van der Waals surface area contributed by atoms with Gasteiger partial charge in [-0.25, -0.2) is 0 Å². The minimum atomic E-state index is -0.259. The van der Waals surface area contributed by atoms with Crippen molar-refractivity contribution in [2.45, 2.75) is 13.8 Å². The van der Waals surface area contributed by atoms with Crippen molar-refractivity contribution in [3.63, 3.8) is 0 Å². The quantitative estimate of drug-likeness (QED) is 0.649. The van der Waals surface area contributed by atoms with Crippen molar-refractivity contribution >= 4 is 17.5 Å². The topological polar surface area (TPSA) is 58.6 Å². The molecule has 118 valence electrons. The van der Waals surface area contributed by atoms with E-state index in [-0.39, 0.29) is 11.8 Å². The summed E-state index contributed by atoms with van der Waals surface area (Å²) >= 11 is 0. The van der Waals surface area contributed by atoms with Crippen molar-refractivity contribution in [2.75, 3.05) is 26.0 Å². The molecule has 1 rings (SSSR count). The number of anilines is 1. The fraction of sp³-hybridized carbons (Fsp3) is 0.294. The molecule has 2 amide bonds. The maximum absolute atomic E-state index is 12.0. The van der Waals surface area contributed by atoms with Crippen LogP contribution in [-0.2, 0) is 4.79 Å². The number of amides is 2. The number of rotatable bonds is 6. The fourth-order valence-electron chi connectivity index (χ4n) is 1.72. The molecule has 1 aromatic carbocycles. The summed E-state index contributed by atoms with van der Waals surface area (Å²) in [5.41, 5.74) is 1.04. The molecule has 0 radical (unpaired) electrons. The molecule has 0 spiro atoms. The average Bonchev–Trinajstić information content (AvgIpc) is 2.48. The zero-order chi connectivity index (χ0) is 16.5. The monoisotopic (exact) mass is 302 g/mol. The van der Waals surface area contributed by atoms with Gasteiger partial charge < -0.3 is 15.0 Å². The first-order chi connectivity index (χ1) is 10.5. The number of nitrogens with one attached hydrogen (secondary N) is 1. The number of hydrogen-bond donors (Lipinski definition) is 1. The molecular formula is C17H22N2O3. The lowest BCUT2D eigenvalue weighted by molar-refractivity contribution is -0.111. The van der Waals surface area contributed by atoms with Crippen molar-refractivity contribution in [3.05, 3.63) is 48.1 Å². The van der Waals surface area contributed by atoms with Gasteiger partial charge >= 0.3 is 0 Å². The summed E-state index contributed by atoms with van der Waals surface area (Å²) in [6.07, 6.45) is 6.67. The van der Waals surface area contributed by atoms with Crippen molar-refractivity contribution < 1.29 is 14.3 Å². The van der Waals surface area contributed by atoms with Crippen LogP contribution >= 0.6 is 0 Å². The van der Waals surface area contributed by atoms with Gasteiger partial charge in [0.15, 0.2) is 0 Å². The first-order valence-electron chi connectivity index (χ1n) is 7.08.